The first-order chi connectivity index (χ1) is 10.4. The number of hydrogen-bond acceptors (Lipinski definition) is 4. The number of rotatable bonds is 6. The topological polar surface area (TPSA) is 39.7 Å². The van der Waals surface area contributed by atoms with Crippen LogP contribution in [0.1, 0.15) is 40.5 Å². The Morgan fingerprint density at radius 3 is 2.23 bits per heavy atom. The molecule has 4 nitrogen and oxygen atoms in total. The SMILES string of the molecule is CC1(C)OB(c2ccc(OCCNC3CC3)cc2)OC1(C)C. The molecule has 2 fully saturated rings. The second-order valence-corrected chi connectivity index (χ2v) is 7.23. The first-order valence-electron chi connectivity index (χ1n) is 8.19. The zero-order chi connectivity index (χ0) is 15.8. The van der Waals surface area contributed by atoms with E-state index in [1.807, 2.05) is 24.3 Å². The third-order valence-electron chi connectivity index (χ3n) is 4.79. The number of benzene rings is 1. The van der Waals surface area contributed by atoms with Crippen LogP contribution in [0.5, 0.6) is 5.75 Å². The van der Waals surface area contributed by atoms with Crippen LogP contribution in [0, 0.1) is 0 Å². The first kappa shape index (κ1) is 15.8. The normalized spacial score (nSPS) is 22.8. The molecule has 5 heteroatoms. The molecule has 1 aliphatic heterocycles. The molecular weight excluding hydrogens is 277 g/mol. The van der Waals surface area contributed by atoms with Crippen LogP contribution in [0.15, 0.2) is 24.3 Å². The Morgan fingerprint density at radius 1 is 1.09 bits per heavy atom. The molecule has 120 valence electrons. The van der Waals surface area contributed by atoms with Gasteiger partial charge in [0.25, 0.3) is 0 Å². The third-order valence-corrected chi connectivity index (χ3v) is 4.79. The van der Waals surface area contributed by atoms with Gasteiger partial charge in [-0.15, -0.1) is 0 Å². The molecule has 0 atom stereocenters. The van der Waals surface area contributed by atoms with Crippen molar-refractivity contribution in [3.8, 4) is 5.75 Å². The van der Waals surface area contributed by atoms with Crippen molar-refractivity contribution in [1.29, 1.82) is 0 Å². The maximum atomic E-state index is 6.05. The van der Waals surface area contributed by atoms with E-state index in [2.05, 4.69) is 33.0 Å². The van der Waals surface area contributed by atoms with Crippen LogP contribution in [0.25, 0.3) is 0 Å². The van der Waals surface area contributed by atoms with Crippen LogP contribution in [-0.4, -0.2) is 37.5 Å². The summed E-state index contributed by atoms with van der Waals surface area (Å²) in [6.45, 7) is 9.87. The number of ether oxygens (including phenoxy) is 1. The van der Waals surface area contributed by atoms with E-state index in [0.717, 1.165) is 23.8 Å². The lowest BCUT2D eigenvalue weighted by atomic mass is 9.79. The minimum absolute atomic E-state index is 0.304. The monoisotopic (exact) mass is 303 g/mol. The lowest BCUT2D eigenvalue weighted by Gasteiger charge is -2.32. The van der Waals surface area contributed by atoms with Crippen molar-refractivity contribution in [2.75, 3.05) is 13.2 Å². The Labute approximate surface area is 133 Å². The molecule has 2 aliphatic rings. The second kappa shape index (κ2) is 5.87. The van der Waals surface area contributed by atoms with Crippen LogP contribution in [0.3, 0.4) is 0 Å². The van der Waals surface area contributed by atoms with Gasteiger partial charge in [-0.1, -0.05) is 12.1 Å². The molecule has 0 spiro atoms. The van der Waals surface area contributed by atoms with Crippen LogP contribution in [-0.2, 0) is 9.31 Å². The average molecular weight is 303 g/mol. The molecule has 0 radical (unpaired) electrons. The van der Waals surface area contributed by atoms with E-state index >= 15 is 0 Å². The highest BCUT2D eigenvalue weighted by molar-refractivity contribution is 6.62. The summed E-state index contributed by atoms with van der Waals surface area (Å²) in [6, 6.07) is 8.74. The Bertz CT molecular complexity index is 495. The van der Waals surface area contributed by atoms with E-state index in [9.17, 15) is 0 Å². The van der Waals surface area contributed by atoms with Crippen molar-refractivity contribution in [1.82, 2.24) is 5.32 Å². The largest absolute Gasteiger partial charge is 0.494 e. The van der Waals surface area contributed by atoms with Crippen molar-refractivity contribution in [2.45, 2.75) is 57.8 Å². The summed E-state index contributed by atoms with van der Waals surface area (Å²) in [5.41, 5.74) is 0.421. The summed E-state index contributed by atoms with van der Waals surface area (Å²) in [4.78, 5) is 0. The molecule has 1 saturated heterocycles. The van der Waals surface area contributed by atoms with Gasteiger partial charge in [0.15, 0.2) is 0 Å². The van der Waals surface area contributed by atoms with Gasteiger partial charge >= 0.3 is 7.12 Å². The fourth-order valence-electron chi connectivity index (χ4n) is 2.42. The average Bonchev–Trinajstić information content (AvgIpc) is 3.23. The smallest absolute Gasteiger partial charge is 0.492 e. The minimum Gasteiger partial charge on any atom is -0.492 e. The molecule has 1 saturated carbocycles. The standard InChI is InChI=1S/C17H26BNO3/c1-16(2)17(3,4)22-18(21-16)13-5-9-15(10-6-13)20-12-11-19-14-7-8-14/h5-6,9-10,14,19H,7-8,11-12H2,1-4H3. The van der Waals surface area contributed by atoms with E-state index in [1.54, 1.807) is 0 Å². The zero-order valence-electron chi connectivity index (χ0n) is 14.0. The maximum Gasteiger partial charge on any atom is 0.494 e. The number of hydrogen-bond donors (Lipinski definition) is 1. The summed E-state index contributed by atoms with van der Waals surface area (Å²) in [5.74, 6) is 0.887. The van der Waals surface area contributed by atoms with E-state index in [4.69, 9.17) is 14.0 Å². The highest BCUT2D eigenvalue weighted by Crippen LogP contribution is 2.36. The van der Waals surface area contributed by atoms with Gasteiger partial charge in [-0.05, 0) is 58.1 Å². The molecule has 1 aliphatic carbocycles. The van der Waals surface area contributed by atoms with Crippen molar-refractivity contribution < 1.29 is 14.0 Å². The number of nitrogens with one attached hydrogen (secondary N) is 1. The summed E-state index contributed by atoms with van der Waals surface area (Å²) < 4.78 is 17.8. The predicted molar refractivity (Wildman–Crippen MR) is 88.7 cm³/mol. The minimum atomic E-state index is -0.310. The highest BCUT2D eigenvalue weighted by Gasteiger charge is 2.51. The third kappa shape index (κ3) is 3.48. The fourth-order valence-corrected chi connectivity index (χ4v) is 2.42. The van der Waals surface area contributed by atoms with Gasteiger partial charge in [0.2, 0.25) is 0 Å². The second-order valence-electron chi connectivity index (χ2n) is 7.23. The molecular formula is C17H26BNO3. The van der Waals surface area contributed by atoms with Crippen LogP contribution in [0.4, 0.5) is 0 Å². The van der Waals surface area contributed by atoms with Gasteiger partial charge in [0.1, 0.15) is 12.4 Å². The van der Waals surface area contributed by atoms with E-state index in [0.29, 0.717) is 6.61 Å². The molecule has 0 amide bonds. The molecule has 1 aromatic rings. The van der Waals surface area contributed by atoms with Crippen molar-refractivity contribution in [3.05, 3.63) is 24.3 Å². The molecule has 0 unspecified atom stereocenters. The zero-order valence-corrected chi connectivity index (χ0v) is 14.0. The maximum absolute atomic E-state index is 6.05. The Hall–Kier alpha value is -1.04. The molecule has 22 heavy (non-hydrogen) atoms. The van der Waals surface area contributed by atoms with E-state index < -0.39 is 0 Å². The van der Waals surface area contributed by atoms with Gasteiger partial charge in [-0.3, -0.25) is 0 Å². The molecule has 3 rings (SSSR count). The fraction of sp³-hybridized carbons (Fsp3) is 0.647. The molecule has 0 bridgehead atoms. The summed E-state index contributed by atoms with van der Waals surface area (Å²) in [7, 11) is -0.310. The van der Waals surface area contributed by atoms with E-state index in [1.165, 1.54) is 12.8 Å². The molecule has 1 N–H and O–H groups in total. The van der Waals surface area contributed by atoms with Crippen molar-refractivity contribution >= 4 is 12.6 Å². The Balaban J connectivity index is 1.53. The van der Waals surface area contributed by atoms with Crippen molar-refractivity contribution in [2.24, 2.45) is 0 Å². The van der Waals surface area contributed by atoms with Crippen LogP contribution >= 0.6 is 0 Å². The molecule has 0 aromatic heterocycles. The Morgan fingerprint density at radius 2 is 1.68 bits per heavy atom. The summed E-state index contributed by atoms with van der Waals surface area (Å²) in [5, 5.41) is 3.44. The quantitative estimate of drug-likeness (QED) is 0.645. The van der Waals surface area contributed by atoms with Gasteiger partial charge in [0, 0.05) is 12.6 Å². The lowest BCUT2D eigenvalue weighted by molar-refractivity contribution is 0.00578. The summed E-state index contributed by atoms with van der Waals surface area (Å²) >= 11 is 0. The van der Waals surface area contributed by atoms with Crippen molar-refractivity contribution in [3.63, 3.8) is 0 Å². The molecule has 1 heterocycles. The molecule has 1 aromatic carbocycles. The highest BCUT2D eigenvalue weighted by atomic mass is 16.7. The Kier molecular flexibility index (Phi) is 4.23. The van der Waals surface area contributed by atoms with Gasteiger partial charge in [-0.2, -0.15) is 0 Å². The van der Waals surface area contributed by atoms with Gasteiger partial charge < -0.3 is 19.4 Å². The van der Waals surface area contributed by atoms with Crippen LogP contribution < -0.4 is 15.5 Å². The first-order valence-corrected chi connectivity index (χ1v) is 8.19. The van der Waals surface area contributed by atoms with E-state index in [-0.39, 0.29) is 18.3 Å². The van der Waals surface area contributed by atoms with Gasteiger partial charge in [0.05, 0.1) is 11.2 Å². The lowest BCUT2D eigenvalue weighted by Crippen LogP contribution is -2.41. The van der Waals surface area contributed by atoms with Gasteiger partial charge in [-0.25, -0.2) is 0 Å². The summed E-state index contributed by atoms with van der Waals surface area (Å²) in [6.07, 6.45) is 2.62. The van der Waals surface area contributed by atoms with Crippen LogP contribution in [0.2, 0.25) is 0 Å². The predicted octanol–water partition coefficient (Wildman–Crippen LogP) is 2.12.